The molecule has 2 N–H and O–H groups in total. The van der Waals surface area contributed by atoms with Gasteiger partial charge < -0.3 is 10.2 Å². The maximum Gasteiger partial charge on any atom is 0.0504 e. The molecule has 0 saturated heterocycles. The quantitative estimate of drug-likeness (QED) is 0.518. The molecular weight excluding hydrogens is 132 g/mol. The summed E-state index contributed by atoms with van der Waals surface area (Å²) in [5.74, 6) is 0. The smallest absolute Gasteiger partial charge is 0.0504 e. The molecule has 3 heteroatoms. The maximum atomic E-state index is 8.43. The molecule has 46 valence electrons. The first-order valence-corrected chi connectivity index (χ1v) is 2.34. The van der Waals surface area contributed by atoms with Crippen LogP contribution in [-0.4, -0.2) is 61.2 Å². The summed E-state index contributed by atoms with van der Waals surface area (Å²) in [5.41, 5.74) is -0.306. The van der Waals surface area contributed by atoms with Crippen molar-refractivity contribution in [2.75, 3.05) is 13.2 Å². The van der Waals surface area contributed by atoms with Gasteiger partial charge >= 0.3 is 0 Å². The number of rotatable bonds is 2. The molecule has 8 heavy (non-hydrogen) atoms. The molecule has 0 aromatic carbocycles. The van der Waals surface area contributed by atoms with Crippen LogP contribution in [0.1, 0.15) is 13.8 Å². The predicted octanol–water partition coefficient (Wildman–Crippen LogP) is -0.384. The molecule has 0 rings (SSSR count). The van der Waals surface area contributed by atoms with Gasteiger partial charge in [-0.2, -0.15) is 0 Å². The molecule has 0 saturated carbocycles. The van der Waals surface area contributed by atoms with Crippen LogP contribution in [-0.2, 0) is 0 Å². The van der Waals surface area contributed by atoms with Crippen LogP contribution in [0.3, 0.4) is 0 Å². The van der Waals surface area contributed by atoms with E-state index >= 15 is 0 Å². The van der Waals surface area contributed by atoms with Crippen molar-refractivity contribution in [3.8, 4) is 0 Å². The number of hydrogen-bond donors (Lipinski definition) is 2. The van der Waals surface area contributed by atoms with Gasteiger partial charge in [0.1, 0.15) is 0 Å². The zero-order chi connectivity index (χ0) is 5.91. The first kappa shape index (κ1) is 11.9. The third kappa shape index (κ3) is 5.32. The zero-order valence-electron chi connectivity index (χ0n) is 5.52. The zero-order valence-corrected chi connectivity index (χ0v) is 7.72. The summed E-state index contributed by atoms with van der Waals surface area (Å²) < 4.78 is 0. The van der Waals surface area contributed by atoms with Crippen molar-refractivity contribution in [3.63, 3.8) is 0 Å². The fourth-order valence-corrected chi connectivity index (χ4v) is 0.0500. The summed E-state index contributed by atoms with van der Waals surface area (Å²) in [5, 5.41) is 16.9. The van der Waals surface area contributed by atoms with Crippen molar-refractivity contribution in [2.24, 2.45) is 5.41 Å². The van der Waals surface area contributed by atoms with Crippen molar-refractivity contribution >= 4 is 37.7 Å². The molecule has 0 atom stereocenters. The molecule has 0 aliphatic carbocycles. The fourth-order valence-electron chi connectivity index (χ4n) is 0.0500. The summed E-state index contributed by atoms with van der Waals surface area (Å²) in [6.45, 7) is 3.69. The average molecular weight is 144 g/mol. The Morgan fingerprint density at radius 1 is 1.12 bits per heavy atom. The molecule has 0 aliphatic rings. The molecule has 0 spiro atoms. The normalized spacial score (nSPS) is 10.5. The van der Waals surface area contributed by atoms with E-state index < -0.39 is 0 Å². The second-order valence-corrected chi connectivity index (χ2v) is 2.48. The van der Waals surface area contributed by atoms with E-state index in [1.165, 1.54) is 0 Å². The van der Waals surface area contributed by atoms with Gasteiger partial charge in [-0.3, -0.25) is 0 Å². The number of aliphatic hydroxyl groups is 2. The Morgan fingerprint density at radius 2 is 1.38 bits per heavy atom. The Bertz CT molecular complexity index is 48.4. The number of aliphatic hydroxyl groups excluding tert-OH is 2. The summed E-state index contributed by atoms with van der Waals surface area (Å²) in [7, 11) is 0. The molecule has 0 unspecified atom stereocenters. The fraction of sp³-hybridized carbons (Fsp3) is 1.00. The second-order valence-electron chi connectivity index (χ2n) is 2.48. The van der Waals surface area contributed by atoms with E-state index in [0.29, 0.717) is 0 Å². The summed E-state index contributed by atoms with van der Waals surface area (Å²) in [6.07, 6.45) is 0. The minimum atomic E-state index is -0.306. The molecule has 2 nitrogen and oxygen atoms in total. The van der Waals surface area contributed by atoms with Crippen molar-refractivity contribution in [2.45, 2.75) is 13.8 Å². The monoisotopic (exact) mass is 144 g/mol. The Balaban J connectivity index is 0. The van der Waals surface area contributed by atoms with Crippen molar-refractivity contribution in [3.05, 3.63) is 0 Å². The van der Waals surface area contributed by atoms with E-state index in [0.717, 1.165) is 0 Å². The Morgan fingerprint density at radius 3 is 1.38 bits per heavy atom. The van der Waals surface area contributed by atoms with Crippen LogP contribution in [0.5, 0.6) is 0 Å². The average Bonchev–Trinajstić information content (AvgIpc) is 1.68. The van der Waals surface area contributed by atoms with E-state index in [-0.39, 0.29) is 56.4 Å². The molecule has 0 aliphatic heterocycles. The third-order valence-corrected chi connectivity index (χ3v) is 0.856. The van der Waals surface area contributed by atoms with E-state index in [1.54, 1.807) is 13.8 Å². The van der Waals surface area contributed by atoms with Gasteiger partial charge in [-0.25, -0.2) is 0 Å². The molecule has 0 fully saturated rings. The van der Waals surface area contributed by atoms with Gasteiger partial charge in [0.05, 0.1) is 13.2 Å². The SMILES string of the molecule is CC(C)(CO)CO.[Ca]. The summed E-state index contributed by atoms with van der Waals surface area (Å²) in [4.78, 5) is 0. The minimum Gasteiger partial charge on any atom is -0.396 e. The molecule has 0 aromatic rings. The molecule has 0 bridgehead atoms. The van der Waals surface area contributed by atoms with Crippen LogP contribution in [0, 0.1) is 5.41 Å². The molecule has 0 amide bonds. The predicted molar refractivity (Wildman–Crippen MR) is 33.7 cm³/mol. The van der Waals surface area contributed by atoms with Crippen molar-refractivity contribution in [1.29, 1.82) is 0 Å². The second kappa shape index (κ2) is 5.00. The topological polar surface area (TPSA) is 40.5 Å². The van der Waals surface area contributed by atoms with Gasteiger partial charge in [0.15, 0.2) is 0 Å². The maximum absolute atomic E-state index is 8.43. The van der Waals surface area contributed by atoms with E-state index in [2.05, 4.69) is 0 Å². The van der Waals surface area contributed by atoms with Crippen molar-refractivity contribution in [1.82, 2.24) is 0 Å². The Kier molecular flexibility index (Phi) is 7.45. The van der Waals surface area contributed by atoms with Gasteiger partial charge in [-0.05, 0) is 0 Å². The van der Waals surface area contributed by atoms with E-state index in [9.17, 15) is 0 Å². The summed E-state index contributed by atoms with van der Waals surface area (Å²) >= 11 is 0. The third-order valence-electron chi connectivity index (χ3n) is 0.856. The number of hydrogen-bond acceptors (Lipinski definition) is 2. The van der Waals surface area contributed by atoms with Crippen LogP contribution >= 0.6 is 0 Å². The van der Waals surface area contributed by atoms with Crippen LogP contribution in [0.2, 0.25) is 0 Å². The van der Waals surface area contributed by atoms with Crippen LogP contribution in [0.4, 0.5) is 0 Å². The summed E-state index contributed by atoms with van der Waals surface area (Å²) in [6, 6.07) is 0. The van der Waals surface area contributed by atoms with Gasteiger partial charge in [-0.1, -0.05) is 13.8 Å². The largest absolute Gasteiger partial charge is 0.396 e. The molecule has 2 radical (unpaired) electrons. The molecular formula is C5H12CaO2. The minimum absolute atomic E-state index is 0. The molecule has 0 aromatic heterocycles. The van der Waals surface area contributed by atoms with Gasteiger partial charge in [0.25, 0.3) is 0 Å². The van der Waals surface area contributed by atoms with Gasteiger partial charge in [0.2, 0.25) is 0 Å². The Labute approximate surface area is 79.9 Å². The van der Waals surface area contributed by atoms with Crippen molar-refractivity contribution < 1.29 is 10.2 Å². The van der Waals surface area contributed by atoms with Crippen LogP contribution in [0.15, 0.2) is 0 Å². The van der Waals surface area contributed by atoms with Gasteiger partial charge in [-0.15, -0.1) is 0 Å². The first-order chi connectivity index (χ1) is 3.12. The van der Waals surface area contributed by atoms with E-state index in [4.69, 9.17) is 10.2 Å². The van der Waals surface area contributed by atoms with E-state index in [1.807, 2.05) is 0 Å². The Hall–Kier alpha value is 1.18. The van der Waals surface area contributed by atoms with Crippen LogP contribution in [0.25, 0.3) is 0 Å². The van der Waals surface area contributed by atoms with Crippen LogP contribution < -0.4 is 0 Å². The standard InChI is InChI=1S/C5H12O2.Ca/c1-5(2,3-6)4-7;/h6-7H,3-4H2,1-2H3;. The first-order valence-electron chi connectivity index (χ1n) is 2.34. The van der Waals surface area contributed by atoms with Gasteiger partial charge in [0, 0.05) is 43.2 Å². The molecule has 0 heterocycles.